The van der Waals surface area contributed by atoms with E-state index in [1.54, 1.807) is 0 Å². The fourth-order valence-electron chi connectivity index (χ4n) is 0.0913. The van der Waals surface area contributed by atoms with Gasteiger partial charge in [-0.2, -0.15) is 0 Å². The molecule has 0 aliphatic heterocycles. The summed E-state index contributed by atoms with van der Waals surface area (Å²) in [5.41, 5.74) is 0. The van der Waals surface area contributed by atoms with E-state index >= 15 is 0 Å². The SMILES string of the molecule is CON(C)S(=O)(=O)[O-].[Na+]. The minimum atomic E-state index is -4.39. The topological polar surface area (TPSA) is 69.7 Å². The maximum Gasteiger partial charge on any atom is 1.00 e. The Morgan fingerprint density at radius 2 is 1.89 bits per heavy atom. The van der Waals surface area contributed by atoms with Crippen molar-refractivity contribution in [2.75, 3.05) is 14.2 Å². The van der Waals surface area contributed by atoms with Gasteiger partial charge in [-0.05, 0) is 0 Å². The Morgan fingerprint density at radius 1 is 1.56 bits per heavy atom. The third-order valence-electron chi connectivity index (χ3n) is 0.572. The molecule has 0 fully saturated rings. The van der Waals surface area contributed by atoms with Crippen molar-refractivity contribution in [2.45, 2.75) is 0 Å². The third kappa shape index (κ3) is 5.28. The molecule has 0 aromatic heterocycles. The Balaban J connectivity index is 0. The molecule has 7 heteroatoms. The van der Waals surface area contributed by atoms with Crippen LogP contribution in [0.1, 0.15) is 0 Å². The average Bonchev–Trinajstić information content (AvgIpc) is 1.62. The summed E-state index contributed by atoms with van der Waals surface area (Å²) in [5, 5.41) is 0. The molecule has 0 aliphatic carbocycles. The van der Waals surface area contributed by atoms with E-state index < -0.39 is 10.3 Å². The molecular weight excluding hydrogens is 157 g/mol. The summed E-state index contributed by atoms with van der Waals surface area (Å²) < 4.78 is 29.7. The van der Waals surface area contributed by atoms with E-state index in [9.17, 15) is 13.0 Å². The zero-order valence-electron chi connectivity index (χ0n) is 5.49. The second kappa shape index (κ2) is 4.62. The van der Waals surface area contributed by atoms with Crippen LogP contribution in [0.25, 0.3) is 0 Å². The Labute approximate surface area is 76.1 Å². The Bertz CT molecular complexity index is 154. The van der Waals surface area contributed by atoms with E-state index in [-0.39, 0.29) is 34.0 Å². The van der Waals surface area contributed by atoms with E-state index in [0.29, 0.717) is 0 Å². The van der Waals surface area contributed by atoms with Gasteiger partial charge in [-0.1, -0.05) is 4.47 Å². The van der Waals surface area contributed by atoms with Crippen molar-refractivity contribution in [1.82, 2.24) is 4.47 Å². The zero-order chi connectivity index (χ0) is 6.78. The van der Waals surface area contributed by atoms with E-state index in [1.807, 2.05) is 0 Å². The predicted molar refractivity (Wildman–Crippen MR) is 24.5 cm³/mol. The molecule has 0 radical (unpaired) electrons. The molecule has 0 saturated heterocycles. The first-order chi connectivity index (χ1) is 3.48. The van der Waals surface area contributed by atoms with Crippen LogP contribution in [-0.4, -0.2) is 31.6 Å². The van der Waals surface area contributed by atoms with Crippen molar-refractivity contribution in [3.8, 4) is 0 Å². The Hall–Kier alpha value is 0.830. The van der Waals surface area contributed by atoms with Gasteiger partial charge >= 0.3 is 29.6 Å². The smallest absolute Gasteiger partial charge is 0.734 e. The second-order valence-corrected chi connectivity index (χ2v) is 2.42. The molecule has 0 aliphatic rings. The molecule has 0 N–H and O–H groups in total. The quantitative estimate of drug-likeness (QED) is 0.236. The van der Waals surface area contributed by atoms with Crippen LogP contribution >= 0.6 is 0 Å². The van der Waals surface area contributed by atoms with E-state index in [2.05, 4.69) is 4.84 Å². The van der Waals surface area contributed by atoms with Crippen molar-refractivity contribution in [3.05, 3.63) is 0 Å². The van der Waals surface area contributed by atoms with Crippen LogP contribution in [0.3, 0.4) is 0 Å². The van der Waals surface area contributed by atoms with E-state index in [4.69, 9.17) is 0 Å². The largest absolute Gasteiger partial charge is 1.00 e. The van der Waals surface area contributed by atoms with Crippen LogP contribution in [0.5, 0.6) is 0 Å². The van der Waals surface area contributed by atoms with Gasteiger partial charge in [-0.3, -0.25) is 4.84 Å². The fourth-order valence-corrected chi connectivity index (χ4v) is 0.274. The van der Waals surface area contributed by atoms with Crippen LogP contribution in [-0.2, 0) is 15.1 Å². The molecule has 0 bridgehead atoms. The van der Waals surface area contributed by atoms with Crippen molar-refractivity contribution < 1.29 is 47.4 Å². The van der Waals surface area contributed by atoms with Crippen LogP contribution in [0.15, 0.2) is 0 Å². The maximum atomic E-state index is 9.81. The molecule has 0 unspecified atom stereocenters. The van der Waals surface area contributed by atoms with Crippen molar-refractivity contribution in [2.24, 2.45) is 0 Å². The second-order valence-electron chi connectivity index (χ2n) is 1.05. The molecule has 5 nitrogen and oxygen atoms in total. The van der Waals surface area contributed by atoms with Gasteiger partial charge in [0.25, 0.3) is 0 Å². The standard InChI is InChI=1S/C2H7NO4S.Na/c1-3(7-2)8(4,5)6;/h1-2H3,(H,4,5,6);/q;+1/p-1. The molecule has 50 valence electrons. The average molecular weight is 163 g/mol. The zero-order valence-corrected chi connectivity index (χ0v) is 8.30. The molecule has 0 amide bonds. The van der Waals surface area contributed by atoms with E-state index in [1.165, 1.54) is 0 Å². The number of hydrogen-bond acceptors (Lipinski definition) is 4. The molecular formula is C2H6NNaO4S. The van der Waals surface area contributed by atoms with Gasteiger partial charge in [0, 0.05) is 7.05 Å². The molecule has 0 atom stereocenters. The van der Waals surface area contributed by atoms with Gasteiger partial charge in [-0.15, -0.1) is 0 Å². The number of rotatable bonds is 2. The van der Waals surface area contributed by atoms with Crippen LogP contribution < -0.4 is 29.6 Å². The number of hydrogen-bond donors (Lipinski definition) is 0. The number of nitrogens with zero attached hydrogens (tertiary/aromatic N) is 1. The van der Waals surface area contributed by atoms with Crippen LogP contribution in [0, 0.1) is 0 Å². The predicted octanol–water partition coefficient (Wildman–Crippen LogP) is -4.06. The van der Waals surface area contributed by atoms with Gasteiger partial charge in [0.1, 0.15) is 0 Å². The summed E-state index contributed by atoms with van der Waals surface area (Å²) in [7, 11) is -2.28. The van der Waals surface area contributed by atoms with Crippen LogP contribution in [0.4, 0.5) is 0 Å². The molecule has 0 saturated carbocycles. The van der Waals surface area contributed by atoms with Crippen LogP contribution in [0.2, 0.25) is 0 Å². The minimum absolute atomic E-state index is 0. The Morgan fingerprint density at radius 3 is 1.89 bits per heavy atom. The summed E-state index contributed by atoms with van der Waals surface area (Å²) in [6.07, 6.45) is 0. The fraction of sp³-hybridized carbons (Fsp3) is 1.00. The van der Waals surface area contributed by atoms with Gasteiger partial charge in [0.2, 0.25) is 0 Å². The summed E-state index contributed by atoms with van der Waals surface area (Å²) in [4.78, 5) is 4.05. The molecule has 9 heavy (non-hydrogen) atoms. The van der Waals surface area contributed by atoms with Gasteiger partial charge < -0.3 is 4.55 Å². The van der Waals surface area contributed by atoms with Gasteiger partial charge in [0.15, 0.2) is 10.3 Å². The molecule has 0 aromatic carbocycles. The molecule has 0 rings (SSSR count). The van der Waals surface area contributed by atoms with E-state index in [0.717, 1.165) is 14.2 Å². The molecule has 0 heterocycles. The van der Waals surface area contributed by atoms with Crippen molar-refractivity contribution in [3.63, 3.8) is 0 Å². The maximum absolute atomic E-state index is 9.81. The number of hydroxylamine groups is 1. The first-order valence-corrected chi connectivity index (χ1v) is 3.09. The normalized spacial score (nSPS) is 11.1. The van der Waals surface area contributed by atoms with Gasteiger partial charge in [0.05, 0.1) is 7.11 Å². The minimum Gasteiger partial charge on any atom is -0.734 e. The molecule has 0 spiro atoms. The van der Waals surface area contributed by atoms with Gasteiger partial charge in [-0.25, -0.2) is 8.42 Å². The van der Waals surface area contributed by atoms with Crippen molar-refractivity contribution in [1.29, 1.82) is 0 Å². The Kier molecular flexibility index (Phi) is 6.41. The summed E-state index contributed by atoms with van der Waals surface area (Å²) in [6.45, 7) is 0. The summed E-state index contributed by atoms with van der Waals surface area (Å²) >= 11 is 0. The van der Waals surface area contributed by atoms with Crippen molar-refractivity contribution >= 4 is 10.3 Å². The first kappa shape index (κ1) is 12.5. The summed E-state index contributed by atoms with van der Waals surface area (Å²) in [5.74, 6) is 0. The molecule has 0 aromatic rings. The third-order valence-corrected chi connectivity index (χ3v) is 1.35. The summed E-state index contributed by atoms with van der Waals surface area (Å²) in [6, 6.07) is 0. The monoisotopic (exact) mass is 163 g/mol. The first-order valence-electron chi connectivity index (χ1n) is 1.72.